The molecule has 0 spiro atoms. The fourth-order valence-electron chi connectivity index (χ4n) is 3.38. The summed E-state index contributed by atoms with van der Waals surface area (Å²) >= 11 is 6.03. The predicted octanol–water partition coefficient (Wildman–Crippen LogP) is 4.05. The first-order valence-electron chi connectivity index (χ1n) is 10.6. The van der Waals surface area contributed by atoms with Crippen LogP contribution in [-0.2, 0) is 21.0 Å². The molecule has 1 aliphatic rings. The lowest BCUT2D eigenvalue weighted by Crippen LogP contribution is -2.54. The highest BCUT2D eigenvalue weighted by molar-refractivity contribution is 6.39. The van der Waals surface area contributed by atoms with Crippen molar-refractivity contribution in [2.24, 2.45) is 0 Å². The summed E-state index contributed by atoms with van der Waals surface area (Å²) in [6.45, 7) is -0.294. The van der Waals surface area contributed by atoms with E-state index in [0.29, 0.717) is 12.4 Å². The van der Waals surface area contributed by atoms with Crippen LogP contribution in [0, 0.1) is 0 Å². The standard InChI is InChI=1S/C26H19ClN2O7/c27-18-6-11-22(36-15-23(30)31)17(12-18)13-21-24(32)28-26(34)29(25(21)33)19-7-9-20(10-8-19)35-14-16-4-2-1-3-5-16/h1-13H,14-15H2,(H,30,31)(H,28,32,34)/b21-13+. The van der Waals surface area contributed by atoms with Gasteiger partial charge in [-0.1, -0.05) is 41.9 Å². The minimum Gasteiger partial charge on any atom is -0.489 e. The topological polar surface area (TPSA) is 122 Å². The van der Waals surface area contributed by atoms with Gasteiger partial charge in [0, 0.05) is 10.6 Å². The van der Waals surface area contributed by atoms with Crippen molar-refractivity contribution in [3.8, 4) is 11.5 Å². The molecule has 36 heavy (non-hydrogen) atoms. The summed E-state index contributed by atoms with van der Waals surface area (Å²) in [5.41, 5.74) is 1.03. The number of nitrogens with zero attached hydrogens (tertiary/aromatic N) is 1. The summed E-state index contributed by atoms with van der Waals surface area (Å²) in [4.78, 5) is 49.9. The number of carbonyl (C=O) groups is 4. The molecule has 4 amide bonds. The molecule has 0 aliphatic carbocycles. The van der Waals surface area contributed by atoms with Gasteiger partial charge in [0.15, 0.2) is 6.61 Å². The number of barbiturate groups is 1. The molecule has 2 N–H and O–H groups in total. The number of aliphatic carboxylic acids is 1. The van der Waals surface area contributed by atoms with E-state index in [1.807, 2.05) is 30.3 Å². The Kier molecular flexibility index (Phi) is 7.31. The van der Waals surface area contributed by atoms with Crippen molar-refractivity contribution in [3.63, 3.8) is 0 Å². The maximum absolute atomic E-state index is 13.2. The zero-order valence-electron chi connectivity index (χ0n) is 18.6. The number of ether oxygens (including phenoxy) is 2. The van der Waals surface area contributed by atoms with Gasteiger partial charge in [0.05, 0.1) is 5.69 Å². The number of rotatable bonds is 8. The molecule has 0 atom stereocenters. The van der Waals surface area contributed by atoms with E-state index in [0.717, 1.165) is 10.5 Å². The lowest BCUT2D eigenvalue weighted by molar-refractivity contribution is -0.139. The Morgan fingerprint density at radius 2 is 1.69 bits per heavy atom. The molecule has 1 fully saturated rings. The molecule has 1 saturated heterocycles. The summed E-state index contributed by atoms with van der Waals surface area (Å²) in [5, 5.41) is 11.3. The Morgan fingerprint density at radius 3 is 2.39 bits per heavy atom. The molecule has 0 bridgehead atoms. The van der Waals surface area contributed by atoms with E-state index in [2.05, 4.69) is 5.32 Å². The van der Waals surface area contributed by atoms with Crippen LogP contribution in [0.1, 0.15) is 11.1 Å². The quantitative estimate of drug-likeness (QED) is 0.349. The fraction of sp³-hybridized carbons (Fsp3) is 0.0769. The SMILES string of the molecule is O=C(O)COc1ccc(Cl)cc1/C=C1\C(=O)NC(=O)N(c2ccc(OCc3ccccc3)cc2)C1=O. The van der Waals surface area contributed by atoms with E-state index in [-0.39, 0.29) is 27.6 Å². The van der Waals surface area contributed by atoms with Crippen LogP contribution in [0.3, 0.4) is 0 Å². The van der Waals surface area contributed by atoms with Crippen LogP contribution in [0.25, 0.3) is 6.08 Å². The second-order valence-electron chi connectivity index (χ2n) is 7.59. The van der Waals surface area contributed by atoms with Crippen molar-refractivity contribution in [1.29, 1.82) is 0 Å². The molecule has 0 unspecified atom stereocenters. The number of nitrogens with one attached hydrogen (secondary N) is 1. The average molecular weight is 507 g/mol. The summed E-state index contributed by atoms with van der Waals surface area (Å²) in [7, 11) is 0. The molecule has 3 aromatic rings. The number of imide groups is 2. The van der Waals surface area contributed by atoms with Gasteiger partial charge < -0.3 is 14.6 Å². The van der Waals surface area contributed by atoms with E-state index in [1.54, 1.807) is 12.1 Å². The van der Waals surface area contributed by atoms with Crippen molar-refractivity contribution >= 4 is 47.2 Å². The molecule has 1 heterocycles. The molecule has 10 heteroatoms. The molecule has 3 aromatic carbocycles. The van der Waals surface area contributed by atoms with Gasteiger partial charge in [-0.2, -0.15) is 0 Å². The number of anilines is 1. The molecule has 0 saturated carbocycles. The van der Waals surface area contributed by atoms with E-state index in [9.17, 15) is 19.2 Å². The number of hydrogen-bond acceptors (Lipinski definition) is 6. The zero-order valence-corrected chi connectivity index (χ0v) is 19.4. The number of urea groups is 1. The average Bonchev–Trinajstić information content (AvgIpc) is 2.86. The number of carbonyl (C=O) groups excluding carboxylic acids is 3. The van der Waals surface area contributed by atoms with Gasteiger partial charge in [-0.15, -0.1) is 0 Å². The first kappa shape index (κ1) is 24.5. The van der Waals surface area contributed by atoms with Crippen LogP contribution >= 0.6 is 11.6 Å². The summed E-state index contributed by atoms with van der Waals surface area (Å²) < 4.78 is 11.0. The van der Waals surface area contributed by atoms with E-state index in [1.165, 1.54) is 36.4 Å². The van der Waals surface area contributed by atoms with Crippen molar-refractivity contribution in [3.05, 3.63) is 94.5 Å². The summed E-state index contributed by atoms with van der Waals surface area (Å²) in [6, 6.07) is 19.2. The number of benzene rings is 3. The molecule has 182 valence electrons. The van der Waals surface area contributed by atoms with Crippen molar-refractivity contribution in [1.82, 2.24) is 5.32 Å². The number of hydrogen-bond donors (Lipinski definition) is 2. The summed E-state index contributed by atoms with van der Waals surface area (Å²) in [5.74, 6) is -2.36. The van der Waals surface area contributed by atoms with Crippen LogP contribution in [-0.4, -0.2) is 35.5 Å². The minimum absolute atomic E-state index is 0.0956. The van der Waals surface area contributed by atoms with Crippen molar-refractivity contribution < 1.29 is 33.8 Å². The highest BCUT2D eigenvalue weighted by atomic mass is 35.5. The van der Waals surface area contributed by atoms with Gasteiger partial charge >= 0.3 is 12.0 Å². The zero-order chi connectivity index (χ0) is 25.7. The van der Waals surface area contributed by atoms with Gasteiger partial charge in [0.25, 0.3) is 11.8 Å². The second-order valence-corrected chi connectivity index (χ2v) is 8.03. The van der Waals surface area contributed by atoms with Gasteiger partial charge in [-0.05, 0) is 54.1 Å². The van der Waals surface area contributed by atoms with Crippen molar-refractivity contribution in [2.45, 2.75) is 6.61 Å². The van der Waals surface area contributed by atoms with Gasteiger partial charge in [0.1, 0.15) is 23.7 Å². The maximum Gasteiger partial charge on any atom is 0.341 e. The highest BCUT2D eigenvalue weighted by Gasteiger charge is 2.37. The lowest BCUT2D eigenvalue weighted by Gasteiger charge is -2.26. The third-order valence-electron chi connectivity index (χ3n) is 5.07. The monoisotopic (exact) mass is 506 g/mol. The third kappa shape index (κ3) is 5.70. The van der Waals surface area contributed by atoms with E-state index < -0.39 is 30.4 Å². The van der Waals surface area contributed by atoms with Gasteiger partial charge in [-0.3, -0.25) is 14.9 Å². The third-order valence-corrected chi connectivity index (χ3v) is 5.30. The van der Waals surface area contributed by atoms with Crippen molar-refractivity contribution in [2.75, 3.05) is 11.5 Å². The lowest BCUT2D eigenvalue weighted by atomic mass is 10.1. The summed E-state index contributed by atoms with van der Waals surface area (Å²) in [6.07, 6.45) is 1.19. The Hall–Kier alpha value is -4.63. The van der Waals surface area contributed by atoms with Gasteiger partial charge in [0.2, 0.25) is 0 Å². The molecular formula is C26H19ClN2O7. The molecular weight excluding hydrogens is 488 g/mol. The smallest absolute Gasteiger partial charge is 0.341 e. The normalized spacial score (nSPS) is 14.5. The Balaban J connectivity index is 1.57. The van der Waals surface area contributed by atoms with Crippen LogP contribution in [0.2, 0.25) is 5.02 Å². The van der Waals surface area contributed by atoms with Gasteiger partial charge in [-0.25, -0.2) is 14.5 Å². The van der Waals surface area contributed by atoms with Crippen LogP contribution in [0.15, 0.2) is 78.4 Å². The number of amides is 4. The predicted molar refractivity (Wildman–Crippen MR) is 131 cm³/mol. The van der Waals surface area contributed by atoms with Crippen LogP contribution < -0.4 is 19.7 Å². The number of halogens is 1. The Labute approximate surface area is 210 Å². The number of carboxylic acid groups (broad SMARTS) is 1. The largest absolute Gasteiger partial charge is 0.489 e. The van der Waals surface area contributed by atoms with Crippen LogP contribution in [0.4, 0.5) is 10.5 Å². The molecule has 4 rings (SSSR count). The highest BCUT2D eigenvalue weighted by Crippen LogP contribution is 2.28. The van der Waals surface area contributed by atoms with E-state index in [4.69, 9.17) is 26.2 Å². The first-order valence-corrected chi connectivity index (χ1v) is 11.0. The Bertz CT molecular complexity index is 1350. The molecule has 9 nitrogen and oxygen atoms in total. The van der Waals surface area contributed by atoms with E-state index >= 15 is 0 Å². The first-order chi connectivity index (χ1) is 17.3. The molecule has 0 aromatic heterocycles. The maximum atomic E-state index is 13.2. The minimum atomic E-state index is -1.21. The molecule has 1 aliphatic heterocycles. The Morgan fingerprint density at radius 1 is 0.972 bits per heavy atom. The second kappa shape index (κ2) is 10.7. The fourth-order valence-corrected chi connectivity index (χ4v) is 3.56. The number of carboxylic acids is 1. The van der Waals surface area contributed by atoms with Crippen LogP contribution in [0.5, 0.6) is 11.5 Å². The molecule has 0 radical (unpaired) electrons.